The molecule has 0 aromatic carbocycles. The molecule has 0 aliphatic carbocycles. The highest BCUT2D eigenvalue weighted by Gasteiger charge is 2.53. The van der Waals surface area contributed by atoms with Crippen molar-refractivity contribution in [2.24, 2.45) is 0 Å². The first-order valence-corrected chi connectivity index (χ1v) is 5.60. The quantitative estimate of drug-likeness (QED) is 0.704. The van der Waals surface area contributed by atoms with Gasteiger partial charge in [-0.05, 0) is 27.7 Å². The first-order chi connectivity index (χ1) is 7.87. The molecule has 2 heterocycles. The van der Waals surface area contributed by atoms with Crippen molar-refractivity contribution in [1.82, 2.24) is 14.8 Å². The van der Waals surface area contributed by atoms with Gasteiger partial charge in [-0.1, -0.05) is 0 Å². The maximum Gasteiger partial charge on any atom is 0.534 e. The summed E-state index contributed by atoms with van der Waals surface area (Å²) in [6.07, 6.45) is 1.47. The molecule has 0 saturated carbocycles. The summed E-state index contributed by atoms with van der Waals surface area (Å²) in [6.45, 7) is 8.35. The summed E-state index contributed by atoms with van der Waals surface area (Å²) in [6, 6.07) is 0. The zero-order chi connectivity index (χ0) is 12.7. The third-order valence-electron chi connectivity index (χ3n) is 3.36. The van der Waals surface area contributed by atoms with Gasteiger partial charge in [0.2, 0.25) is 0 Å². The molecule has 0 spiro atoms. The minimum atomic E-state index is -0.502. The Morgan fingerprint density at radius 2 is 1.88 bits per heavy atom. The fourth-order valence-corrected chi connectivity index (χ4v) is 1.63. The minimum absolute atomic E-state index is 0.333. The summed E-state index contributed by atoms with van der Waals surface area (Å²) in [5, 5.41) is 4.07. The van der Waals surface area contributed by atoms with Crippen molar-refractivity contribution in [2.45, 2.75) is 45.6 Å². The fraction of sp³-hybridized carbons (Fsp3) is 0.800. The van der Waals surface area contributed by atoms with E-state index in [4.69, 9.17) is 14.0 Å². The molecule has 7 heteroatoms. The van der Waals surface area contributed by atoms with Crippen LogP contribution in [0.25, 0.3) is 0 Å². The number of rotatable bonds is 3. The van der Waals surface area contributed by atoms with E-state index in [0.29, 0.717) is 12.5 Å². The van der Waals surface area contributed by atoms with Crippen molar-refractivity contribution in [1.29, 1.82) is 0 Å². The predicted octanol–water partition coefficient (Wildman–Crippen LogP) is 0.181. The highest BCUT2D eigenvalue weighted by atomic mass is 16.7. The molecule has 2 rings (SSSR count). The molecule has 1 aromatic rings. The number of nitrogens with zero attached hydrogens (tertiary/aromatic N) is 3. The van der Waals surface area contributed by atoms with Crippen LogP contribution in [0.5, 0.6) is 0 Å². The average molecular weight is 239 g/mol. The van der Waals surface area contributed by atoms with Gasteiger partial charge in [0.05, 0.1) is 11.2 Å². The second kappa shape index (κ2) is 4.08. The van der Waals surface area contributed by atoms with Gasteiger partial charge < -0.3 is 14.0 Å². The Hall–Kier alpha value is -0.915. The van der Waals surface area contributed by atoms with Gasteiger partial charge in [-0.25, -0.2) is 9.67 Å². The van der Waals surface area contributed by atoms with Crippen LogP contribution in [-0.4, -0.2) is 40.2 Å². The largest absolute Gasteiger partial charge is 0.534 e. The Labute approximate surface area is 101 Å². The van der Waals surface area contributed by atoms with Crippen LogP contribution in [0.4, 0.5) is 0 Å². The van der Waals surface area contributed by atoms with E-state index in [9.17, 15) is 0 Å². The van der Waals surface area contributed by atoms with Crippen LogP contribution in [0.2, 0.25) is 0 Å². The Balaban J connectivity index is 2.23. The van der Waals surface area contributed by atoms with Crippen LogP contribution in [-0.2, 0) is 20.8 Å². The smallest absolute Gasteiger partial charge is 0.397 e. The maximum atomic E-state index is 5.89. The van der Waals surface area contributed by atoms with E-state index >= 15 is 0 Å². The average Bonchev–Trinajstić information content (AvgIpc) is 2.71. The molecule has 1 aliphatic heterocycles. The molecule has 1 fully saturated rings. The highest BCUT2D eigenvalue weighted by molar-refractivity contribution is 6.60. The first-order valence-electron chi connectivity index (χ1n) is 5.60. The Morgan fingerprint density at radius 1 is 1.29 bits per heavy atom. The molecule has 1 aromatic heterocycles. The Bertz CT molecular complexity index is 389. The third kappa shape index (κ3) is 2.10. The van der Waals surface area contributed by atoms with Gasteiger partial charge in [-0.2, -0.15) is 5.10 Å². The van der Waals surface area contributed by atoms with E-state index < -0.39 is 7.12 Å². The van der Waals surface area contributed by atoms with E-state index in [0.717, 1.165) is 0 Å². The zero-order valence-corrected chi connectivity index (χ0v) is 10.9. The number of methoxy groups -OCH3 is 1. The molecule has 17 heavy (non-hydrogen) atoms. The molecule has 0 unspecified atom stereocenters. The molecule has 0 bridgehead atoms. The second-order valence-electron chi connectivity index (χ2n) is 5.12. The van der Waals surface area contributed by atoms with Crippen molar-refractivity contribution in [3.8, 4) is 0 Å². The van der Waals surface area contributed by atoms with E-state index in [-0.39, 0.29) is 11.2 Å². The van der Waals surface area contributed by atoms with Gasteiger partial charge in [-0.3, -0.25) is 0 Å². The molecule has 0 amide bonds. The lowest BCUT2D eigenvalue weighted by atomic mass is 9.89. The van der Waals surface area contributed by atoms with Crippen molar-refractivity contribution < 1.29 is 14.0 Å². The maximum absolute atomic E-state index is 5.89. The monoisotopic (exact) mass is 239 g/mol. The van der Waals surface area contributed by atoms with Crippen molar-refractivity contribution in [2.75, 3.05) is 7.11 Å². The van der Waals surface area contributed by atoms with Gasteiger partial charge in [0.25, 0.3) is 0 Å². The minimum Gasteiger partial charge on any atom is -0.397 e. The van der Waals surface area contributed by atoms with Gasteiger partial charge in [0.1, 0.15) is 13.1 Å². The van der Waals surface area contributed by atoms with Gasteiger partial charge >= 0.3 is 7.12 Å². The van der Waals surface area contributed by atoms with Crippen LogP contribution in [0.1, 0.15) is 27.7 Å². The lowest BCUT2D eigenvalue weighted by Gasteiger charge is -2.32. The molecule has 0 atom stereocenters. The van der Waals surface area contributed by atoms with E-state index in [1.807, 2.05) is 27.7 Å². The topological polar surface area (TPSA) is 58.4 Å². The molecule has 1 saturated heterocycles. The van der Waals surface area contributed by atoms with E-state index in [2.05, 4.69) is 10.1 Å². The molecular weight excluding hydrogens is 221 g/mol. The summed E-state index contributed by atoms with van der Waals surface area (Å²) < 4.78 is 18.5. The van der Waals surface area contributed by atoms with Gasteiger partial charge in [0.15, 0.2) is 5.72 Å². The van der Waals surface area contributed by atoms with E-state index in [1.54, 1.807) is 11.8 Å². The number of hydrogen-bond acceptors (Lipinski definition) is 5. The molecule has 94 valence electrons. The van der Waals surface area contributed by atoms with Gasteiger partial charge in [0, 0.05) is 7.11 Å². The van der Waals surface area contributed by atoms with Gasteiger partial charge in [-0.15, -0.1) is 0 Å². The standard InChI is InChI=1S/C10H18BN3O3/c1-9(2)10(3,4)17-11(16-9)8-12-6-13-14(8)7-15-5/h6H,7H2,1-5H3. The normalized spacial score (nSPS) is 22.1. The fourth-order valence-electron chi connectivity index (χ4n) is 1.63. The van der Waals surface area contributed by atoms with Crippen LogP contribution < -0.4 is 5.72 Å². The third-order valence-corrected chi connectivity index (χ3v) is 3.36. The molecule has 1 aliphatic rings. The van der Waals surface area contributed by atoms with Crippen LogP contribution >= 0.6 is 0 Å². The number of ether oxygens (including phenoxy) is 1. The summed E-state index contributed by atoms with van der Waals surface area (Å²) in [5.74, 6) is 0. The van der Waals surface area contributed by atoms with Crippen LogP contribution in [0.15, 0.2) is 6.33 Å². The summed E-state index contributed by atoms with van der Waals surface area (Å²) in [4.78, 5) is 4.17. The van der Waals surface area contributed by atoms with Crippen molar-refractivity contribution in [3.05, 3.63) is 6.33 Å². The lowest BCUT2D eigenvalue weighted by molar-refractivity contribution is 0.00578. The number of hydrogen-bond donors (Lipinski definition) is 0. The lowest BCUT2D eigenvalue weighted by Crippen LogP contribution is -2.41. The highest BCUT2D eigenvalue weighted by Crippen LogP contribution is 2.36. The van der Waals surface area contributed by atoms with E-state index in [1.165, 1.54) is 6.33 Å². The Kier molecular flexibility index (Phi) is 3.01. The zero-order valence-electron chi connectivity index (χ0n) is 10.9. The predicted molar refractivity (Wildman–Crippen MR) is 62.7 cm³/mol. The number of aromatic nitrogens is 3. The molecule has 0 radical (unpaired) electrons. The summed E-state index contributed by atoms with van der Waals surface area (Å²) in [5.41, 5.74) is -0.117. The van der Waals surface area contributed by atoms with Crippen molar-refractivity contribution >= 4 is 12.8 Å². The molecule has 0 N–H and O–H groups in total. The first kappa shape index (κ1) is 12.5. The Morgan fingerprint density at radius 3 is 2.41 bits per heavy atom. The van der Waals surface area contributed by atoms with Crippen LogP contribution in [0, 0.1) is 0 Å². The summed E-state index contributed by atoms with van der Waals surface area (Å²) in [7, 11) is 1.10. The SMILES string of the molecule is COCn1ncnc1B1OC(C)(C)C(C)(C)O1. The summed E-state index contributed by atoms with van der Waals surface area (Å²) >= 11 is 0. The van der Waals surface area contributed by atoms with Crippen molar-refractivity contribution in [3.63, 3.8) is 0 Å². The molecule has 6 nitrogen and oxygen atoms in total. The second-order valence-corrected chi connectivity index (χ2v) is 5.12. The molecular formula is C10H18BN3O3. The van der Waals surface area contributed by atoms with Crippen LogP contribution in [0.3, 0.4) is 0 Å².